The summed E-state index contributed by atoms with van der Waals surface area (Å²) >= 11 is 0. The molecule has 0 bridgehead atoms. The molecule has 7 heteroatoms. The predicted octanol–water partition coefficient (Wildman–Crippen LogP) is 15.2. The molecule has 0 N–H and O–H groups in total. The highest BCUT2D eigenvalue weighted by Gasteiger charge is 2.25. The van der Waals surface area contributed by atoms with Crippen molar-refractivity contribution in [2.45, 2.75) is 0 Å². The molecule has 310 valence electrons. The summed E-state index contributed by atoms with van der Waals surface area (Å²) in [7, 11) is 0. The van der Waals surface area contributed by atoms with E-state index < -0.39 is 11.6 Å². The number of benzene rings is 8. The third-order valence-electron chi connectivity index (χ3n) is 12.5. The van der Waals surface area contributed by atoms with Gasteiger partial charge in [-0.2, -0.15) is 5.26 Å². The van der Waals surface area contributed by atoms with Crippen molar-refractivity contribution in [1.29, 1.82) is 5.26 Å². The monoisotopic (exact) mass is 851 g/mol. The van der Waals surface area contributed by atoms with Crippen molar-refractivity contribution in [3.63, 3.8) is 0 Å². The lowest BCUT2D eigenvalue weighted by molar-refractivity contribution is 0.589. The molecule has 0 aliphatic heterocycles. The zero-order valence-electron chi connectivity index (χ0n) is 35.2. The summed E-state index contributed by atoms with van der Waals surface area (Å²) in [6.45, 7) is 0. The largest absolute Gasteiger partial charge is 0.308 e. The molecule has 5 nitrogen and oxygen atoms in total. The van der Waals surface area contributed by atoms with Gasteiger partial charge >= 0.3 is 0 Å². The van der Waals surface area contributed by atoms with Crippen LogP contribution < -0.4 is 0 Å². The first-order chi connectivity index (χ1) is 32.5. The maximum atomic E-state index is 16.0. The van der Waals surface area contributed by atoms with Crippen LogP contribution >= 0.6 is 0 Å². The second kappa shape index (κ2) is 15.7. The van der Waals surface area contributed by atoms with Crippen LogP contribution in [-0.4, -0.2) is 19.1 Å². The highest BCUT2D eigenvalue weighted by atomic mass is 19.1. The standard InChI is InChI=1S/C59H35F2N5/c60-47-20-11-21-48(61)59(47)41-34-57(65-53-26-9-7-18-42(53)44-32-39(28-30-55(44)65)51-24-12-22-49(63-51)37-14-3-1-4-15-37)46(36-62)58(35-41)66-54-27-10-8-19-43(54)45-33-40(29-31-56(45)66)52-25-13-23-50(64-52)38-16-5-2-6-17-38/h1-35H. The van der Waals surface area contributed by atoms with Crippen LogP contribution in [0.2, 0.25) is 0 Å². The summed E-state index contributed by atoms with van der Waals surface area (Å²) in [6, 6.07) is 70.7. The number of nitrogens with zero attached hydrogens (tertiary/aromatic N) is 5. The number of hydrogen-bond donors (Lipinski definition) is 0. The van der Waals surface area contributed by atoms with E-state index in [1.54, 1.807) is 12.1 Å². The van der Waals surface area contributed by atoms with Crippen LogP contribution in [0.15, 0.2) is 212 Å². The third-order valence-corrected chi connectivity index (χ3v) is 12.5. The Morgan fingerprint density at radius 2 is 0.742 bits per heavy atom. The number of para-hydroxylation sites is 2. The summed E-state index contributed by atoms with van der Waals surface area (Å²) in [5, 5.41) is 15.2. The molecule has 4 heterocycles. The van der Waals surface area contributed by atoms with Gasteiger partial charge in [0.25, 0.3) is 0 Å². The zero-order chi connectivity index (χ0) is 44.3. The van der Waals surface area contributed by atoms with Crippen molar-refractivity contribution in [1.82, 2.24) is 19.1 Å². The van der Waals surface area contributed by atoms with Gasteiger partial charge in [-0.05, 0) is 90.5 Å². The number of hydrogen-bond acceptors (Lipinski definition) is 3. The summed E-state index contributed by atoms with van der Waals surface area (Å²) in [4.78, 5) is 10.1. The summed E-state index contributed by atoms with van der Waals surface area (Å²) < 4.78 is 36.2. The van der Waals surface area contributed by atoms with E-state index in [9.17, 15) is 5.26 Å². The van der Waals surface area contributed by atoms with Crippen molar-refractivity contribution in [3.05, 3.63) is 230 Å². The van der Waals surface area contributed by atoms with Crippen molar-refractivity contribution < 1.29 is 8.78 Å². The normalized spacial score (nSPS) is 11.5. The van der Waals surface area contributed by atoms with Gasteiger partial charge in [0.1, 0.15) is 23.3 Å². The Morgan fingerprint density at radius 1 is 0.348 bits per heavy atom. The molecule has 0 saturated heterocycles. The van der Waals surface area contributed by atoms with Crippen molar-refractivity contribution in [3.8, 4) is 73.6 Å². The Bertz CT molecular complexity index is 3680. The first-order valence-corrected chi connectivity index (χ1v) is 21.7. The zero-order valence-corrected chi connectivity index (χ0v) is 35.2. The Kier molecular flexibility index (Phi) is 9.18. The molecule has 66 heavy (non-hydrogen) atoms. The number of halogens is 2. The van der Waals surface area contributed by atoms with Crippen LogP contribution in [0.25, 0.3) is 111 Å². The molecule has 0 unspecified atom stereocenters. The Balaban J connectivity index is 1.10. The SMILES string of the molecule is N#Cc1c(-n2c3ccccc3c3cc(-c4cccc(-c5ccccc5)n4)ccc32)cc(-c2c(F)cccc2F)cc1-n1c2ccccc2c2cc(-c3cccc(-c4ccccc4)n3)ccc21. The minimum absolute atomic E-state index is 0.177. The Hall–Kier alpha value is -8.99. The minimum Gasteiger partial charge on any atom is -0.308 e. The van der Waals surface area contributed by atoms with Crippen molar-refractivity contribution in [2.75, 3.05) is 0 Å². The average Bonchev–Trinajstić information content (AvgIpc) is 3.88. The fourth-order valence-corrected chi connectivity index (χ4v) is 9.51. The lowest BCUT2D eigenvalue weighted by atomic mass is 9.99. The van der Waals surface area contributed by atoms with Crippen LogP contribution in [0, 0.1) is 23.0 Å². The predicted molar refractivity (Wildman–Crippen MR) is 263 cm³/mol. The second-order valence-electron chi connectivity index (χ2n) is 16.3. The number of pyridine rings is 2. The molecular formula is C59H35F2N5. The summed E-state index contributed by atoms with van der Waals surface area (Å²) in [6.07, 6.45) is 0. The molecular weight excluding hydrogens is 817 g/mol. The van der Waals surface area contributed by atoms with Crippen molar-refractivity contribution >= 4 is 43.6 Å². The molecule has 0 aliphatic rings. The van der Waals surface area contributed by atoms with E-state index in [2.05, 4.69) is 30.3 Å². The topological polar surface area (TPSA) is 59.4 Å². The molecule has 0 saturated carbocycles. The highest BCUT2D eigenvalue weighted by Crippen LogP contribution is 2.42. The van der Waals surface area contributed by atoms with Crippen LogP contribution in [0.1, 0.15) is 5.56 Å². The smallest absolute Gasteiger partial charge is 0.133 e. The molecule has 0 aliphatic carbocycles. The lowest BCUT2D eigenvalue weighted by Gasteiger charge is -2.19. The molecule has 8 aromatic carbocycles. The van der Waals surface area contributed by atoms with Crippen LogP contribution in [0.4, 0.5) is 8.78 Å². The van der Waals surface area contributed by atoms with Crippen LogP contribution in [0.3, 0.4) is 0 Å². The van der Waals surface area contributed by atoms with Crippen molar-refractivity contribution in [2.24, 2.45) is 0 Å². The molecule has 12 rings (SSSR count). The number of rotatable bonds is 7. The van der Waals surface area contributed by atoms with Gasteiger partial charge in [0.05, 0.1) is 61.8 Å². The van der Waals surface area contributed by atoms with E-state index in [0.29, 0.717) is 22.5 Å². The van der Waals surface area contributed by atoms with E-state index >= 15 is 8.78 Å². The fraction of sp³-hybridized carbons (Fsp3) is 0. The first-order valence-electron chi connectivity index (χ1n) is 21.7. The quantitative estimate of drug-likeness (QED) is 0.160. The highest BCUT2D eigenvalue weighted by molar-refractivity contribution is 6.12. The molecule has 0 fully saturated rings. The number of aromatic nitrogens is 4. The molecule has 0 atom stereocenters. The summed E-state index contributed by atoms with van der Waals surface area (Å²) in [5.74, 6) is -1.41. The van der Waals surface area contributed by atoms with Gasteiger partial charge in [0.15, 0.2) is 0 Å². The van der Waals surface area contributed by atoms with Gasteiger partial charge in [0, 0.05) is 43.8 Å². The van der Waals surface area contributed by atoms with Gasteiger partial charge in [0.2, 0.25) is 0 Å². The Morgan fingerprint density at radius 3 is 1.20 bits per heavy atom. The van der Waals surface area contributed by atoms with Gasteiger partial charge < -0.3 is 9.13 Å². The van der Waals surface area contributed by atoms with Gasteiger partial charge in [-0.25, -0.2) is 18.7 Å². The molecule has 4 aromatic heterocycles. The van der Waals surface area contributed by atoms with Crippen LogP contribution in [0.5, 0.6) is 0 Å². The molecule has 0 amide bonds. The summed E-state index contributed by atoms with van der Waals surface area (Å²) in [5.41, 5.74) is 12.0. The molecule has 0 radical (unpaired) electrons. The molecule has 12 aromatic rings. The van der Waals surface area contributed by atoms with E-state index in [-0.39, 0.29) is 5.56 Å². The fourth-order valence-electron chi connectivity index (χ4n) is 9.51. The van der Waals surface area contributed by atoms with E-state index in [1.165, 1.54) is 18.2 Å². The molecule has 0 spiro atoms. The maximum Gasteiger partial charge on any atom is 0.133 e. The van der Waals surface area contributed by atoms with Gasteiger partial charge in [-0.3, -0.25) is 0 Å². The average molecular weight is 852 g/mol. The maximum absolute atomic E-state index is 16.0. The third kappa shape index (κ3) is 6.35. The van der Waals surface area contributed by atoms with E-state index in [4.69, 9.17) is 9.97 Å². The Labute approximate surface area is 378 Å². The number of fused-ring (bicyclic) bond motifs is 6. The second-order valence-corrected chi connectivity index (χ2v) is 16.3. The first kappa shape index (κ1) is 38.7. The van der Waals surface area contributed by atoms with Gasteiger partial charge in [-0.15, -0.1) is 0 Å². The van der Waals surface area contributed by atoms with E-state index in [0.717, 1.165) is 88.6 Å². The lowest BCUT2D eigenvalue weighted by Crippen LogP contribution is -2.06. The van der Waals surface area contributed by atoms with Gasteiger partial charge in [-0.1, -0.05) is 127 Å². The van der Waals surface area contributed by atoms with Crippen LogP contribution in [-0.2, 0) is 0 Å². The van der Waals surface area contributed by atoms with E-state index in [1.807, 2.05) is 167 Å². The number of nitriles is 1. The minimum atomic E-state index is -0.703.